The lowest BCUT2D eigenvalue weighted by atomic mass is 10.0. The topological polar surface area (TPSA) is 56.7 Å². The highest BCUT2D eigenvalue weighted by Gasteiger charge is 2.54. The molecule has 4 heteroatoms. The number of aromatic nitrogens is 3. The van der Waals surface area contributed by atoms with Gasteiger partial charge in [0.25, 0.3) is 0 Å². The highest BCUT2D eigenvalue weighted by Crippen LogP contribution is 2.58. The minimum Gasteiger partial charge on any atom is -0.327 e. The molecule has 1 aromatic rings. The van der Waals surface area contributed by atoms with Crippen molar-refractivity contribution in [3.8, 4) is 0 Å². The van der Waals surface area contributed by atoms with E-state index in [4.69, 9.17) is 5.73 Å². The summed E-state index contributed by atoms with van der Waals surface area (Å²) >= 11 is 0. The average Bonchev–Trinajstić information content (AvgIpc) is 2.60. The van der Waals surface area contributed by atoms with Gasteiger partial charge in [0, 0.05) is 25.7 Å². The smallest absolute Gasteiger partial charge is 0.0842 e. The second-order valence-corrected chi connectivity index (χ2v) is 5.09. The molecule has 2 N–H and O–H groups in total. The first kappa shape index (κ1) is 9.33. The standard InChI is InChI=1S/C11H18N4/c1-15-6-7(13-14-15)5-10(12)11-8-3-2-4-9(8)11/h6,8-11H,2-5,12H2,1H3. The predicted octanol–water partition coefficient (Wildman–Crippen LogP) is 0.731. The number of hydrogen-bond donors (Lipinski definition) is 1. The Labute approximate surface area is 89.8 Å². The van der Waals surface area contributed by atoms with Gasteiger partial charge in [0.05, 0.1) is 5.69 Å². The summed E-state index contributed by atoms with van der Waals surface area (Å²) in [6, 6.07) is 0.303. The summed E-state index contributed by atoms with van der Waals surface area (Å²) in [6.45, 7) is 0. The zero-order valence-corrected chi connectivity index (χ0v) is 9.13. The van der Waals surface area contributed by atoms with Crippen molar-refractivity contribution in [3.05, 3.63) is 11.9 Å². The predicted molar refractivity (Wildman–Crippen MR) is 57.0 cm³/mol. The molecule has 3 atom stereocenters. The van der Waals surface area contributed by atoms with Crippen molar-refractivity contribution in [2.24, 2.45) is 30.5 Å². The molecule has 1 heterocycles. The maximum Gasteiger partial charge on any atom is 0.0842 e. The van der Waals surface area contributed by atoms with Crippen LogP contribution in [0.5, 0.6) is 0 Å². The molecule has 1 aromatic heterocycles. The van der Waals surface area contributed by atoms with Crippen LogP contribution in [0.15, 0.2) is 6.20 Å². The molecule has 2 fully saturated rings. The normalized spacial score (nSPS) is 35.2. The molecule has 2 saturated carbocycles. The lowest BCUT2D eigenvalue weighted by molar-refractivity contribution is 0.480. The van der Waals surface area contributed by atoms with Gasteiger partial charge in [-0.05, 0) is 30.6 Å². The fourth-order valence-electron chi connectivity index (χ4n) is 3.38. The number of hydrogen-bond acceptors (Lipinski definition) is 3. The van der Waals surface area contributed by atoms with E-state index in [9.17, 15) is 0 Å². The summed E-state index contributed by atoms with van der Waals surface area (Å²) in [4.78, 5) is 0. The van der Waals surface area contributed by atoms with Gasteiger partial charge in [0.15, 0.2) is 0 Å². The first-order valence-electron chi connectivity index (χ1n) is 5.86. The minimum absolute atomic E-state index is 0.303. The molecule has 2 aliphatic carbocycles. The van der Waals surface area contributed by atoms with E-state index in [1.165, 1.54) is 19.3 Å². The van der Waals surface area contributed by atoms with Crippen molar-refractivity contribution >= 4 is 0 Å². The highest BCUT2D eigenvalue weighted by molar-refractivity contribution is 5.08. The number of rotatable bonds is 3. The van der Waals surface area contributed by atoms with Gasteiger partial charge in [-0.15, -0.1) is 5.10 Å². The average molecular weight is 206 g/mol. The quantitative estimate of drug-likeness (QED) is 0.793. The van der Waals surface area contributed by atoms with Gasteiger partial charge in [-0.1, -0.05) is 11.6 Å². The summed E-state index contributed by atoms with van der Waals surface area (Å²) in [6.07, 6.45) is 7.10. The van der Waals surface area contributed by atoms with E-state index in [1.54, 1.807) is 4.68 Å². The largest absolute Gasteiger partial charge is 0.327 e. The third kappa shape index (κ3) is 1.57. The number of nitrogens with two attached hydrogens (primary N) is 1. The van der Waals surface area contributed by atoms with Gasteiger partial charge in [0.2, 0.25) is 0 Å². The Morgan fingerprint density at radius 2 is 2.27 bits per heavy atom. The Bertz CT molecular complexity index is 349. The van der Waals surface area contributed by atoms with Crippen LogP contribution in [0, 0.1) is 17.8 Å². The molecule has 0 aliphatic heterocycles. The molecule has 3 rings (SSSR count). The van der Waals surface area contributed by atoms with Crippen LogP contribution < -0.4 is 5.73 Å². The fourth-order valence-corrected chi connectivity index (χ4v) is 3.38. The van der Waals surface area contributed by atoms with Crippen LogP contribution in [-0.2, 0) is 13.5 Å². The van der Waals surface area contributed by atoms with Crippen molar-refractivity contribution in [2.45, 2.75) is 31.7 Å². The molecule has 0 radical (unpaired) electrons. The Hall–Kier alpha value is -0.900. The minimum atomic E-state index is 0.303. The Morgan fingerprint density at radius 1 is 1.53 bits per heavy atom. The first-order valence-corrected chi connectivity index (χ1v) is 5.86. The van der Waals surface area contributed by atoms with Crippen LogP contribution in [0.3, 0.4) is 0 Å². The maximum atomic E-state index is 6.23. The molecule has 0 saturated heterocycles. The molecule has 82 valence electrons. The van der Waals surface area contributed by atoms with E-state index in [1.807, 2.05) is 13.2 Å². The van der Waals surface area contributed by atoms with Crippen molar-refractivity contribution in [2.75, 3.05) is 0 Å². The zero-order valence-electron chi connectivity index (χ0n) is 9.13. The van der Waals surface area contributed by atoms with E-state index in [-0.39, 0.29) is 0 Å². The van der Waals surface area contributed by atoms with Crippen LogP contribution in [0.1, 0.15) is 25.0 Å². The van der Waals surface area contributed by atoms with Crippen molar-refractivity contribution in [3.63, 3.8) is 0 Å². The molecule has 3 unspecified atom stereocenters. The number of fused-ring (bicyclic) bond motifs is 1. The monoisotopic (exact) mass is 206 g/mol. The summed E-state index contributed by atoms with van der Waals surface area (Å²) in [5.41, 5.74) is 7.27. The molecule has 0 spiro atoms. The van der Waals surface area contributed by atoms with E-state index in [0.29, 0.717) is 6.04 Å². The van der Waals surface area contributed by atoms with Crippen LogP contribution in [0.4, 0.5) is 0 Å². The summed E-state index contributed by atoms with van der Waals surface area (Å²) in [5, 5.41) is 8.03. The molecule has 0 bridgehead atoms. The zero-order chi connectivity index (χ0) is 10.4. The highest BCUT2D eigenvalue weighted by atomic mass is 15.4. The molecule has 4 nitrogen and oxygen atoms in total. The van der Waals surface area contributed by atoms with Gasteiger partial charge in [-0.2, -0.15) is 0 Å². The second-order valence-electron chi connectivity index (χ2n) is 5.09. The van der Waals surface area contributed by atoms with Gasteiger partial charge in [-0.3, -0.25) is 4.68 Å². The number of aryl methyl sites for hydroxylation is 1. The van der Waals surface area contributed by atoms with E-state index < -0.39 is 0 Å². The van der Waals surface area contributed by atoms with Gasteiger partial charge < -0.3 is 5.73 Å². The van der Waals surface area contributed by atoms with Gasteiger partial charge in [0.1, 0.15) is 0 Å². The summed E-state index contributed by atoms with van der Waals surface area (Å²) in [7, 11) is 1.90. The van der Waals surface area contributed by atoms with Crippen molar-refractivity contribution in [1.29, 1.82) is 0 Å². The van der Waals surface area contributed by atoms with Gasteiger partial charge >= 0.3 is 0 Å². The Kier molecular flexibility index (Phi) is 2.06. The van der Waals surface area contributed by atoms with Crippen LogP contribution in [-0.4, -0.2) is 21.0 Å². The lowest BCUT2D eigenvalue weighted by Crippen LogP contribution is -2.27. The molecular formula is C11H18N4. The van der Waals surface area contributed by atoms with Gasteiger partial charge in [-0.25, -0.2) is 0 Å². The summed E-state index contributed by atoms with van der Waals surface area (Å²) in [5.74, 6) is 2.66. The van der Waals surface area contributed by atoms with E-state index in [0.717, 1.165) is 29.9 Å². The fraction of sp³-hybridized carbons (Fsp3) is 0.818. The van der Waals surface area contributed by atoms with Crippen molar-refractivity contribution < 1.29 is 0 Å². The molecule has 0 amide bonds. The second kappa shape index (κ2) is 3.30. The van der Waals surface area contributed by atoms with E-state index >= 15 is 0 Å². The summed E-state index contributed by atoms with van der Waals surface area (Å²) < 4.78 is 1.75. The maximum absolute atomic E-state index is 6.23. The van der Waals surface area contributed by atoms with E-state index in [2.05, 4.69) is 10.3 Å². The molecule has 2 aliphatic rings. The lowest BCUT2D eigenvalue weighted by Gasteiger charge is -2.11. The third-order valence-electron chi connectivity index (χ3n) is 4.06. The van der Waals surface area contributed by atoms with Crippen LogP contribution in [0.2, 0.25) is 0 Å². The third-order valence-corrected chi connectivity index (χ3v) is 4.06. The van der Waals surface area contributed by atoms with Crippen molar-refractivity contribution in [1.82, 2.24) is 15.0 Å². The Balaban J connectivity index is 1.60. The number of nitrogens with zero attached hydrogens (tertiary/aromatic N) is 3. The molecule has 15 heavy (non-hydrogen) atoms. The molecule has 0 aromatic carbocycles. The first-order chi connectivity index (χ1) is 7.25. The van der Waals surface area contributed by atoms with Crippen LogP contribution in [0.25, 0.3) is 0 Å². The SMILES string of the molecule is Cn1cc(CC(N)C2C3CCCC32)nn1. The molecular weight excluding hydrogens is 188 g/mol. The Morgan fingerprint density at radius 3 is 2.87 bits per heavy atom. The van der Waals surface area contributed by atoms with Crippen LogP contribution >= 0.6 is 0 Å².